The van der Waals surface area contributed by atoms with E-state index in [-0.39, 0.29) is 5.75 Å². The second-order valence-electron chi connectivity index (χ2n) is 4.97. The first-order valence-electron chi connectivity index (χ1n) is 7.14. The highest BCUT2D eigenvalue weighted by Gasteiger charge is 2.08. The summed E-state index contributed by atoms with van der Waals surface area (Å²) in [6, 6.07) is 10.9. The molecule has 2 N–H and O–H groups in total. The molecule has 0 radical (unpaired) electrons. The van der Waals surface area contributed by atoms with E-state index in [1.54, 1.807) is 18.3 Å². The Hall–Kier alpha value is -2.09. The minimum Gasteiger partial charge on any atom is -0.503 e. The Balaban J connectivity index is 1.71. The van der Waals surface area contributed by atoms with Crippen LogP contribution in [-0.2, 0) is 0 Å². The zero-order valence-corrected chi connectivity index (χ0v) is 16.2. The number of hydrogen-bond acceptors (Lipinski definition) is 6. The number of hydrazone groups is 1. The fourth-order valence-corrected chi connectivity index (χ4v) is 3.32. The fourth-order valence-electron chi connectivity index (χ4n) is 2.06. The van der Waals surface area contributed by atoms with Crippen molar-refractivity contribution in [2.24, 2.45) is 5.10 Å². The second-order valence-corrected chi connectivity index (χ2v) is 7.12. The molecule has 128 valence electrons. The van der Waals surface area contributed by atoms with E-state index in [0.29, 0.717) is 20.4 Å². The van der Waals surface area contributed by atoms with Crippen molar-refractivity contribution in [1.82, 2.24) is 4.98 Å². The SMILES string of the molecule is COc1cc(/C=N\Nc2nc(-c3ccc(Cl)cc3)cs2)cc(Br)c1O. The predicted octanol–water partition coefficient (Wildman–Crippen LogP) is 5.39. The van der Waals surface area contributed by atoms with Crippen LogP contribution in [0.4, 0.5) is 5.13 Å². The summed E-state index contributed by atoms with van der Waals surface area (Å²) in [5.74, 6) is 0.426. The van der Waals surface area contributed by atoms with Crippen LogP contribution in [0.15, 0.2) is 51.4 Å². The summed E-state index contributed by atoms with van der Waals surface area (Å²) in [5.41, 5.74) is 5.51. The monoisotopic (exact) mass is 437 g/mol. The Kier molecular flexibility index (Phi) is 5.57. The molecule has 0 unspecified atom stereocenters. The van der Waals surface area contributed by atoms with E-state index in [2.05, 4.69) is 31.4 Å². The number of nitrogens with zero attached hydrogens (tertiary/aromatic N) is 2. The van der Waals surface area contributed by atoms with Gasteiger partial charge in [-0.2, -0.15) is 5.10 Å². The Bertz CT molecular complexity index is 913. The van der Waals surface area contributed by atoms with Crippen molar-refractivity contribution < 1.29 is 9.84 Å². The van der Waals surface area contributed by atoms with Crippen LogP contribution in [-0.4, -0.2) is 23.4 Å². The first-order chi connectivity index (χ1) is 12.1. The second kappa shape index (κ2) is 7.86. The predicted molar refractivity (Wildman–Crippen MR) is 106 cm³/mol. The minimum atomic E-state index is 0.0557. The third kappa shape index (κ3) is 4.31. The molecule has 0 aliphatic heterocycles. The van der Waals surface area contributed by atoms with E-state index in [9.17, 15) is 5.11 Å². The van der Waals surface area contributed by atoms with Crippen LogP contribution in [0.3, 0.4) is 0 Å². The molecular weight excluding hydrogens is 426 g/mol. The van der Waals surface area contributed by atoms with Crippen molar-refractivity contribution in [3.05, 3.63) is 56.8 Å². The van der Waals surface area contributed by atoms with E-state index in [0.717, 1.165) is 16.8 Å². The van der Waals surface area contributed by atoms with Crippen molar-refractivity contribution in [1.29, 1.82) is 0 Å². The Morgan fingerprint density at radius 1 is 1.32 bits per heavy atom. The van der Waals surface area contributed by atoms with Gasteiger partial charge in [0.1, 0.15) is 0 Å². The standard InChI is InChI=1S/C17H13BrClN3O2S/c1-24-15-7-10(6-13(18)16(15)23)8-20-22-17-21-14(9-25-17)11-2-4-12(19)5-3-11/h2-9,23H,1H3,(H,21,22)/b20-8-. The Morgan fingerprint density at radius 3 is 2.80 bits per heavy atom. The maximum absolute atomic E-state index is 9.80. The molecule has 3 rings (SSSR count). The molecule has 0 aliphatic carbocycles. The number of methoxy groups -OCH3 is 1. The molecule has 5 nitrogen and oxygen atoms in total. The average molecular weight is 439 g/mol. The lowest BCUT2D eigenvalue weighted by Gasteiger charge is -2.06. The summed E-state index contributed by atoms with van der Waals surface area (Å²) in [4.78, 5) is 4.48. The van der Waals surface area contributed by atoms with Crippen LogP contribution in [0.25, 0.3) is 11.3 Å². The van der Waals surface area contributed by atoms with Crippen molar-refractivity contribution in [2.75, 3.05) is 12.5 Å². The molecule has 0 bridgehead atoms. The molecule has 0 amide bonds. The Labute approximate surface area is 162 Å². The summed E-state index contributed by atoms with van der Waals surface area (Å²) in [6.45, 7) is 0. The number of phenols is 1. The lowest BCUT2D eigenvalue weighted by atomic mass is 10.2. The summed E-state index contributed by atoms with van der Waals surface area (Å²) >= 11 is 10.6. The van der Waals surface area contributed by atoms with Gasteiger partial charge < -0.3 is 9.84 Å². The van der Waals surface area contributed by atoms with Gasteiger partial charge in [0.15, 0.2) is 11.5 Å². The van der Waals surface area contributed by atoms with Crippen LogP contribution >= 0.6 is 38.9 Å². The number of anilines is 1. The highest BCUT2D eigenvalue weighted by atomic mass is 79.9. The number of thiazole rings is 1. The van der Waals surface area contributed by atoms with Gasteiger partial charge in [-0.3, -0.25) is 5.43 Å². The zero-order valence-electron chi connectivity index (χ0n) is 13.0. The molecular formula is C17H13BrClN3O2S. The third-order valence-electron chi connectivity index (χ3n) is 3.29. The van der Waals surface area contributed by atoms with Gasteiger partial charge in [-0.1, -0.05) is 23.7 Å². The highest BCUT2D eigenvalue weighted by Crippen LogP contribution is 2.34. The molecule has 0 atom stereocenters. The first kappa shape index (κ1) is 17.7. The van der Waals surface area contributed by atoms with Gasteiger partial charge in [-0.05, 0) is 45.8 Å². The molecule has 25 heavy (non-hydrogen) atoms. The van der Waals surface area contributed by atoms with E-state index < -0.39 is 0 Å². The summed E-state index contributed by atoms with van der Waals surface area (Å²) in [6.07, 6.45) is 1.62. The van der Waals surface area contributed by atoms with Gasteiger partial charge in [-0.25, -0.2) is 4.98 Å². The smallest absolute Gasteiger partial charge is 0.203 e. The molecule has 1 heterocycles. The highest BCUT2D eigenvalue weighted by molar-refractivity contribution is 9.10. The van der Waals surface area contributed by atoms with E-state index in [4.69, 9.17) is 16.3 Å². The van der Waals surface area contributed by atoms with E-state index in [1.165, 1.54) is 18.4 Å². The van der Waals surface area contributed by atoms with Crippen LogP contribution in [0.1, 0.15) is 5.56 Å². The van der Waals surface area contributed by atoms with Crippen LogP contribution in [0.2, 0.25) is 5.02 Å². The maximum Gasteiger partial charge on any atom is 0.203 e. The third-order valence-corrected chi connectivity index (χ3v) is 4.89. The summed E-state index contributed by atoms with van der Waals surface area (Å²) < 4.78 is 5.64. The zero-order chi connectivity index (χ0) is 17.8. The molecule has 8 heteroatoms. The number of aromatic nitrogens is 1. The summed E-state index contributed by atoms with van der Waals surface area (Å²) in [7, 11) is 1.49. The largest absolute Gasteiger partial charge is 0.503 e. The van der Waals surface area contributed by atoms with Gasteiger partial charge in [0, 0.05) is 16.0 Å². The van der Waals surface area contributed by atoms with Crippen LogP contribution < -0.4 is 10.2 Å². The lowest BCUT2D eigenvalue weighted by molar-refractivity contribution is 0.372. The molecule has 0 saturated carbocycles. The van der Waals surface area contributed by atoms with Crippen LogP contribution in [0, 0.1) is 0 Å². The number of aromatic hydroxyl groups is 1. The topological polar surface area (TPSA) is 66.7 Å². The molecule has 3 aromatic rings. The molecule has 2 aromatic carbocycles. The molecule has 0 aliphatic rings. The number of rotatable bonds is 5. The quantitative estimate of drug-likeness (QED) is 0.414. The maximum atomic E-state index is 9.80. The van der Waals surface area contributed by atoms with Crippen molar-refractivity contribution >= 4 is 50.2 Å². The van der Waals surface area contributed by atoms with Crippen LogP contribution in [0.5, 0.6) is 11.5 Å². The average Bonchev–Trinajstić information content (AvgIpc) is 3.07. The lowest BCUT2D eigenvalue weighted by Crippen LogP contribution is -1.92. The Morgan fingerprint density at radius 2 is 2.08 bits per heavy atom. The fraction of sp³-hybridized carbons (Fsp3) is 0.0588. The van der Waals surface area contributed by atoms with Crippen molar-refractivity contribution in [3.63, 3.8) is 0 Å². The van der Waals surface area contributed by atoms with Gasteiger partial charge >= 0.3 is 0 Å². The van der Waals surface area contributed by atoms with Crippen molar-refractivity contribution in [3.8, 4) is 22.8 Å². The van der Waals surface area contributed by atoms with Gasteiger partial charge in [-0.15, -0.1) is 11.3 Å². The molecule has 1 aromatic heterocycles. The number of halogens is 2. The molecule has 0 spiro atoms. The number of phenolic OH excluding ortho intramolecular Hbond substituents is 1. The minimum absolute atomic E-state index is 0.0557. The number of hydrogen-bond donors (Lipinski definition) is 2. The number of benzene rings is 2. The van der Waals surface area contributed by atoms with Gasteiger partial charge in [0.2, 0.25) is 5.13 Å². The molecule has 0 saturated heterocycles. The first-order valence-corrected chi connectivity index (χ1v) is 9.19. The normalized spacial score (nSPS) is 11.0. The molecule has 0 fully saturated rings. The van der Waals surface area contributed by atoms with Gasteiger partial charge in [0.05, 0.1) is 23.5 Å². The summed E-state index contributed by atoms with van der Waals surface area (Å²) in [5, 5.41) is 17.3. The van der Waals surface area contributed by atoms with Gasteiger partial charge in [0.25, 0.3) is 0 Å². The van der Waals surface area contributed by atoms with Crippen molar-refractivity contribution in [2.45, 2.75) is 0 Å². The van der Waals surface area contributed by atoms with E-state index >= 15 is 0 Å². The van der Waals surface area contributed by atoms with E-state index in [1.807, 2.05) is 29.6 Å². The number of nitrogens with one attached hydrogen (secondary N) is 1. The number of ether oxygens (including phenoxy) is 1.